The van der Waals surface area contributed by atoms with Gasteiger partial charge in [0.15, 0.2) is 11.5 Å². The molecule has 0 bridgehead atoms. The third-order valence-electron chi connectivity index (χ3n) is 2.21. The highest BCUT2D eigenvalue weighted by molar-refractivity contribution is 6.43. The number of rotatable bonds is 3. The number of carbonyl (C=O) groups excluding carboxylic acids is 1. The fourth-order valence-corrected chi connectivity index (χ4v) is 1.79. The summed E-state index contributed by atoms with van der Waals surface area (Å²) >= 11 is 11.9. The second-order valence-corrected chi connectivity index (χ2v) is 4.18. The van der Waals surface area contributed by atoms with Crippen molar-refractivity contribution in [1.82, 2.24) is 5.16 Å². The highest BCUT2D eigenvalue weighted by Crippen LogP contribution is 2.33. The number of carbonyl (C=O) groups is 1. The van der Waals surface area contributed by atoms with E-state index in [4.69, 9.17) is 32.5 Å². The Hall–Kier alpha value is -1.52. The molecule has 18 heavy (non-hydrogen) atoms. The number of benzene rings is 1. The maximum Gasteiger partial charge on any atom is 0.360 e. The minimum absolute atomic E-state index is 0.0999. The number of halogens is 2. The molecule has 94 valence electrons. The van der Waals surface area contributed by atoms with Crippen LogP contribution in [-0.4, -0.2) is 17.7 Å². The molecule has 0 saturated heterocycles. The van der Waals surface area contributed by atoms with E-state index in [1.165, 1.54) is 6.07 Å². The van der Waals surface area contributed by atoms with Crippen LogP contribution in [0.4, 0.5) is 0 Å². The Balaban J connectivity index is 2.35. The Bertz CT molecular complexity index is 580. The average molecular weight is 286 g/mol. The molecular weight excluding hydrogens is 277 g/mol. The number of hydrogen-bond donors (Lipinski definition) is 0. The van der Waals surface area contributed by atoms with Gasteiger partial charge in [0.25, 0.3) is 0 Å². The molecule has 6 heteroatoms. The molecule has 1 aromatic heterocycles. The van der Waals surface area contributed by atoms with E-state index in [1.807, 2.05) is 0 Å². The Morgan fingerprint density at radius 2 is 2.22 bits per heavy atom. The van der Waals surface area contributed by atoms with Gasteiger partial charge >= 0.3 is 5.97 Å². The zero-order chi connectivity index (χ0) is 13.1. The van der Waals surface area contributed by atoms with Crippen LogP contribution in [0, 0.1) is 0 Å². The Labute approximate surface area is 113 Å². The van der Waals surface area contributed by atoms with Crippen LogP contribution in [0.1, 0.15) is 17.4 Å². The van der Waals surface area contributed by atoms with E-state index in [-0.39, 0.29) is 12.3 Å². The average Bonchev–Trinajstić information content (AvgIpc) is 2.82. The summed E-state index contributed by atoms with van der Waals surface area (Å²) in [5.41, 5.74) is 0.676. The molecule has 0 unspecified atom stereocenters. The van der Waals surface area contributed by atoms with Crippen molar-refractivity contribution in [3.63, 3.8) is 0 Å². The van der Waals surface area contributed by atoms with Crippen LogP contribution in [0.15, 0.2) is 28.8 Å². The highest BCUT2D eigenvalue weighted by Gasteiger charge is 2.16. The van der Waals surface area contributed by atoms with E-state index in [9.17, 15) is 4.79 Å². The van der Waals surface area contributed by atoms with Crippen molar-refractivity contribution in [3.05, 3.63) is 40.0 Å². The molecule has 0 aliphatic heterocycles. The van der Waals surface area contributed by atoms with E-state index < -0.39 is 5.97 Å². The van der Waals surface area contributed by atoms with E-state index >= 15 is 0 Å². The van der Waals surface area contributed by atoms with Gasteiger partial charge in [-0.05, 0) is 19.1 Å². The molecule has 0 atom stereocenters. The topological polar surface area (TPSA) is 52.3 Å². The largest absolute Gasteiger partial charge is 0.461 e. The summed E-state index contributed by atoms with van der Waals surface area (Å²) in [4.78, 5) is 11.4. The van der Waals surface area contributed by atoms with Gasteiger partial charge in [-0.2, -0.15) is 0 Å². The van der Waals surface area contributed by atoms with Crippen LogP contribution < -0.4 is 0 Å². The summed E-state index contributed by atoms with van der Waals surface area (Å²) in [6.45, 7) is 1.99. The van der Waals surface area contributed by atoms with Crippen LogP contribution in [0.5, 0.6) is 0 Å². The molecule has 2 aromatic rings. The Morgan fingerprint density at radius 3 is 2.94 bits per heavy atom. The zero-order valence-corrected chi connectivity index (χ0v) is 11.0. The molecule has 0 saturated carbocycles. The molecule has 0 amide bonds. The lowest BCUT2D eigenvalue weighted by atomic mass is 10.1. The zero-order valence-electron chi connectivity index (χ0n) is 9.44. The predicted octanol–water partition coefficient (Wildman–Crippen LogP) is 3.83. The molecule has 0 aliphatic carbocycles. The van der Waals surface area contributed by atoms with Gasteiger partial charge in [-0.1, -0.05) is 34.4 Å². The number of aromatic nitrogens is 1. The van der Waals surface area contributed by atoms with Crippen LogP contribution in [0.25, 0.3) is 11.3 Å². The summed E-state index contributed by atoms with van der Waals surface area (Å²) in [7, 11) is 0. The van der Waals surface area contributed by atoms with Crippen molar-refractivity contribution in [2.45, 2.75) is 6.92 Å². The van der Waals surface area contributed by atoms with Gasteiger partial charge in [0.05, 0.1) is 16.7 Å². The van der Waals surface area contributed by atoms with Gasteiger partial charge in [-0.25, -0.2) is 4.79 Å². The lowest BCUT2D eigenvalue weighted by Crippen LogP contribution is -2.04. The summed E-state index contributed by atoms with van der Waals surface area (Å²) in [6, 6.07) is 6.59. The molecule has 4 nitrogen and oxygen atoms in total. The second-order valence-electron chi connectivity index (χ2n) is 3.40. The van der Waals surface area contributed by atoms with Crippen molar-refractivity contribution >= 4 is 29.2 Å². The first-order chi connectivity index (χ1) is 8.63. The van der Waals surface area contributed by atoms with Crippen LogP contribution in [0.3, 0.4) is 0 Å². The van der Waals surface area contributed by atoms with Crippen LogP contribution in [0.2, 0.25) is 10.0 Å². The molecule has 0 fully saturated rings. The minimum atomic E-state index is -0.536. The third-order valence-corrected chi connectivity index (χ3v) is 3.03. The molecule has 2 rings (SSSR count). The number of esters is 1. The lowest BCUT2D eigenvalue weighted by Gasteiger charge is -2.00. The summed E-state index contributed by atoms with van der Waals surface area (Å²) in [6.07, 6.45) is 0. The van der Waals surface area contributed by atoms with E-state index in [2.05, 4.69) is 5.16 Å². The molecule has 0 N–H and O–H groups in total. The molecule has 0 aliphatic rings. The van der Waals surface area contributed by atoms with Gasteiger partial charge < -0.3 is 9.26 Å². The van der Waals surface area contributed by atoms with Crippen molar-refractivity contribution in [1.29, 1.82) is 0 Å². The normalized spacial score (nSPS) is 10.4. The predicted molar refractivity (Wildman–Crippen MR) is 67.9 cm³/mol. The lowest BCUT2D eigenvalue weighted by molar-refractivity contribution is 0.0514. The standard InChI is InChI=1S/C12H9Cl2NO3/c1-2-17-12(16)9-6-10(18-15-9)7-4-3-5-8(13)11(7)14/h3-6H,2H2,1H3. The SMILES string of the molecule is CCOC(=O)c1cc(-c2cccc(Cl)c2Cl)on1. The van der Waals surface area contributed by atoms with Gasteiger partial charge in [-0.3, -0.25) is 0 Å². The maximum absolute atomic E-state index is 11.4. The van der Waals surface area contributed by atoms with E-state index in [0.29, 0.717) is 21.4 Å². The Kier molecular flexibility index (Phi) is 3.89. The van der Waals surface area contributed by atoms with Crippen molar-refractivity contribution in [3.8, 4) is 11.3 Å². The highest BCUT2D eigenvalue weighted by atomic mass is 35.5. The first-order valence-corrected chi connectivity index (χ1v) is 5.97. The summed E-state index contributed by atoms with van der Waals surface area (Å²) < 4.78 is 9.87. The molecule has 0 spiro atoms. The second kappa shape index (κ2) is 5.42. The first kappa shape index (κ1) is 12.9. The quantitative estimate of drug-likeness (QED) is 0.805. The van der Waals surface area contributed by atoms with Crippen molar-refractivity contribution in [2.24, 2.45) is 0 Å². The van der Waals surface area contributed by atoms with Gasteiger partial charge in [-0.15, -0.1) is 0 Å². The number of ether oxygens (including phenoxy) is 1. The monoisotopic (exact) mass is 285 g/mol. The number of nitrogens with zero attached hydrogens (tertiary/aromatic N) is 1. The molecular formula is C12H9Cl2NO3. The smallest absolute Gasteiger partial charge is 0.360 e. The Morgan fingerprint density at radius 1 is 1.44 bits per heavy atom. The van der Waals surface area contributed by atoms with Crippen molar-refractivity contribution in [2.75, 3.05) is 6.61 Å². The summed E-state index contributed by atoms with van der Waals surface area (Å²) in [5, 5.41) is 4.39. The van der Waals surface area contributed by atoms with Gasteiger partial charge in [0, 0.05) is 11.6 Å². The minimum Gasteiger partial charge on any atom is -0.461 e. The van der Waals surface area contributed by atoms with Crippen LogP contribution >= 0.6 is 23.2 Å². The van der Waals surface area contributed by atoms with E-state index in [1.54, 1.807) is 25.1 Å². The van der Waals surface area contributed by atoms with Crippen LogP contribution in [-0.2, 0) is 4.74 Å². The number of hydrogen-bond acceptors (Lipinski definition) is 4. The fourth-order valence-electron chi connectivity index (χ4n) is 1.40. The maximum atomic E-state index is 11.4. The summed E-state index contributed by atoms with van der Waals surface area (Å²) in [5.74, 6) is -0.170. The molecule has 0 radical (unpaired) electrons. The van der Waals surface area contributed by atoms with Gasteiger partial charge in [0.2, 0.25) is 0 Å². The van der Waals surface area contributed by atoms with E-state index in [0.717, 1.165) is 0 Å². The third kappa shape index (κ3) is 2.49. The molecule has 1 aromatic carbocycles. The van der Waals surface area contributed by atoms with Crippen molar-refractivity contribution < 1.29 is 14.1 Å². The fraction of sp³-hybridized carbons (Fsp3) is 0.167. The first-order valence-electron chi connectivity index (χ1n) is 5.21. The van der Waals surface area contributed by atoms with Gasteiger partial charge in [0.1, 0.15) is 0 Å². The molecule has 1 heterocycles.